The summed E-state index contributed by atoms with van der Waals surface area (Å²) < 4.78 is 5.06. The van der Waals surface area contributed by atoms with Gasteiger partial charge >= 0.3 is 11.8 Å². The molecule has 0 aliphatic heterocycles. The molecule has 0 bridgehead atoms. The summed E-state index contributed by atoms with van der Waals surface area (Å²) in [7, 11) is 1.60. The molecule has 2 amide bonds. The molecule has 1 aromatic carbocycles. The van der Waals surface area contributed by atoms with Gasteiger partial charge in [0, 0.05) is 13.1 Å². The third-order valence-corrected chi connectivity index (χ3v) is 3.38. The minimum Gasteiger partial charge on any atom is -0.497 e. The molecule has 0 spiro atoms. The number of ether oxygens (including phenoxy) is 1. The van der Waals surface area contributed by atoms with E-state index in [2.05, 4.69) is 17.6 Å². The van der Waals surface area contributed by atoms with E-state index in [-0.39, 0.29) is 0 Å². The third-order valence-electron chi connectivity index (χ3n) is 3.38. The van der Waals surface area contributed by atoms with E-state index in [1.807, 2.05) is 24.3 Å². The number of unbranched alkanes of at least 4 members (excludes halogenated alkanes) is 4. The number of carbonyl (C=O) groups is 2. The number of carbonyl (C=O) groups excluding carboxylic acids is 2. The summed E-state index contributed by atoms with van der Waals surface area (Å²) in [5.74, 6) is -0.399. The monoisotopic (exact) mass is 306 g/mol. The van der Waals surface area contributed by atoms with Crippen LogP contribution in [-0.2, 0) is 16.1 Å². The van der Waals surface area contributed by atoms with Gasteiger partial charge in [-0.05, 0) is 24.1 Å². The highest BCUT2D eigenvalue weighted by Gasteiger charge is 2.11. The summed E-state index contributed by atoms with van der Waals surface area (Å²) in [6, 6.07) is 7.34. The van der Waals surface area contributed by atoms with Gasteiger partial charge in [0.15, 0.2) is 0 Å². The molecule has 2 N–H and O–H groups in total. The first-order chi connectivity index (χ1) is 10.7. The maximum absolute atomic E-state index is 11.7. The van der Waals surface area contributed by atoms with E-state index in [0.29, 0.717) is 13.1 Å². The molecule has 0 aliphatic carbocycles. The molecule has 0 heterocycles. The maximum atomic E-state index is 11.7. The second-order valence-electron chi connectivity index (χ2n) is 5.20. The molecule has 22 heavy (non-hydrogen) atoms. The SMILES string of the molecule is CCCCCCCNC(=O)C(=O)NCc1ccc(OC)cc1. The molecule has 0 saturated heterocycles. The lowest BCUT2D eigenvalue weighted by atomic mass is 10.1. The van der Waals surface area contributed by atoms with Crippen molar-refractivity contribution in [3.8, 4) is 5.75 Å². The average Bonchev–Trinajstić information content (AvgIpc) is 2.56. The van der Waals surface area contributed by atoms with Gasteiger partial charge in [-0.3, -0.25) is 9.59 Å². The van der Waals surface area contributed by atoms with Crippen molar-refractivity contribution in [3.63, 3.8) is 0 Å². The summed E-state index contributed by atoms with van der Waals surface area (Å²) in [6.07, 6.45) is 5.59. The van der Waals surface area contributed by atoms with Crippen molar-refractivity contribution in [2.24, 2.45) is 0 Å². The Morgan fingerprint density at radius 1 is 0.955 bits per heavy atom. The fourth-order valence-electron chi connectivity index (χ4n) is 2.02. The highest BCUT2D eigenvalue weighted by atomic mass is 16.5. The van der Waals surface area contributed by atoms with E-state index in [1.165, 1.54) is 19.3 Å². The molecular weight excluding hydrogens is 280 g/mol. The minimum absolute atomic E-state index is 0.326. The predicted molar refractivity (Wildman–Crippen MR) is 86.6 cm³/mol. The summed E-state index contributed by atoms with van der Waals surface area (Å²) in [6.45, 7) is 3.04. The molecule has 5 nitrogen and oxygen atoms in total. The summed E-state index contributed by atoms with van der Waals surface area (Å²) in [4.78, 5) is 23.3. The van der Waals surface area contributed by atoms with E-state index >= 15 is 0 Å². The van der Waals surface area contributed by atoms with E-state index in [9.17, 15) is 9.59 Å². The maximum Gasteiger partial charge on any atom is 0.309 e. The molecule has 0 unspecified atom stereocenters. The van der Waals surface area contributed by atoms with Crippen LogP contribution >= 0.6 is 0 Å². The van der Waals surface area contributed by atoms with Crippen molar-refractivity contribution in [2.45, 2.75) is 45.6 Å². The Bertz CT molecular complexity index is 457. The van der Waals surface area contributed by atoms with E-state index in [0.717, 1.165) is 24.2 Å². The van der Waals surface area contributed by atoms with Gasteiger partial charge in [-0.15, -0.1) is 0 Å². The molecule has 122 valence electrons. The zero-order valence-electron chi connectivity index (χ0n) is 13.5. The van der Waals surface area contributed by atoms with Crippen LogP contribution in [0.1, 0.15) is 44.6 Å². The zero-order valence-corrected chi connectivity index (χ0v) is 13.5. The van der Waals surface area contributed by atoms with Gasteiger partial charge in [0.2, 0.25) is 0 Å². The summed E-state index contributed by atoms with van der Waals surface area (Å²) >= 11 is 0. The van der Waals surface area contributed by atoms with Gasteiger partial charge in [0.25, 0.3) is 0 Å². The highest BCUT2D eigenvalue weighted by molar-refractivity contribution is 6.35. The molecule has 0 saturated carbocycles. The standard InChI is InChI=1S/C17H26N2O3/c1-3-4-5-6-7-12-18-16(20)17(21)19-13-14-8-10-15(22-2)11-9-14/h8-11H,3-7,12-13H2,1-2H3,(H,18,20)(H,19,21). The van der Waals surface area contributed by atoms with Crippen LogP contribution in [0.5, 0.6) is 5.75 Å². The van der Waals surface area contributed by atoms with Crippen LogP contribution in [0, 0.1) is 0 Å². The summed E-state index contributed by atoms with van der Waals surface area (Å²) in [5, 5.41) is 5.25. The molecular formula is C17H26N2O3. The van der Waals surface area contributed by atoms with Crippen molar-refractivity contribution in [2.75, 3.05) is 13.7 Å². The number of benzene rings is 1. The smallest absolute Gasteiger partial charge is 0.309 e. The molecule has 0 radical (unpaired) electrons. The average molecular weight is 306 g/mol. The van der Waals surface area contributed by atoms with Crippen molar-refractivity contribution < 1.29 is 14.3 Å². The van der Waals surface area contributed by atoms with Crippen LogP contribution in [0.3, 0.4) is 0 Å². The van der Waals surface area contributed by atoms with Crippen molar-refractivity contribution >= 4 is 11.8 Å². The fourth-order valence-corrected chi connectivity index (χ4v) is 2.02. The zero-order chi connectivity index (χ0) is 16.2. The first-order valence-electron chi connectivity index (χ1n) is 7.86. The number of hydrogen-bond donors (Lipinski definition) is 2. The fraction of sp³-hybridized carbons (Fsp3) is 0.529. The molecule has 0 aromatic heterocycles. The van der Waals surface area contributed by atoms with Gasteiger partial charge in [-0.1, -0.05) is 44.7 Å². The quantitative estimate of drug-likeness (QED) is 0.544. The lowest BCUT2D eigenvalue weighted by Crippen LogP contribution is -2.39. The number of rotatable bonds is 9. The lowest BCUT2D eigenvalue weighted by Gasteiger charge is -2.07. The highest BCUT2D eigenvalue weighted by Crippen LogP contribution is 2.10. The number of methoxy groups -OCH3 is 1. The van der Waals surface area contributed by atoms with Crippen LogP contribution in [0.2, 0.25) is 0 Å². The minimum atomic E-state index is -0.593. The van der Waals surface area contributed by atoms with Crippen LogP contribution in [0.25, 0.3) is 0 Å². The van der Waals surface area contributed by atoms with Gasteiger partial charge in [-0.25, -0.2) is 0 Å². The summed E-state index contributed by atoms with van der Waals surface area (Å²) in [5.41, 5.74) is 0.918. The van der Waals surface area contributed by atoms with Crippen LogP contribution in [-0.4, -0.2) is 25.5 Å². The number of hydrogen-bond acceptors (Lipinski definition) is 3. The third kappa shape index (κ3) is 7.11. The predicted octanol–water partition coefficient (Wildman–Crippen LogP) is 2.40. The molecule has 1 rings (SSSR count). The topological polar surface area (TPSA) is 67.4 Å². The van der Waals surface area contributed by atoms with Gasteiger partial charge in [0.1, 0.15) is 5.75 Å². The van der Waals surface area contributed by atoms with Gasteiger partial charge in [0.05, 0.1) is 7.11 Å². The Hall–Kier alpha value is -2.04. The van der Waals surface area contributed by atoms with Crippen LogP contribution < -0.4 is 15.4 Å². The van der Waals surface area contributed by atoms with Crippen LogP contribution in [0.4, 0.5) is 0 Å². The molecule has 0 fully saturated rings. The molecule has 0 atom stereocenters. The number of amides is 2. The normalized spacial score (nSPS) is 10.1. The molecule has 1 aromatic rings. The van der Waals surface area contributed by atoms with Crippen LogP contribution in [0.15, 0.2) is 24.3 Å². The Morgan fingerprint density at radius 2 is 1.59 bits per heavy atom. The molecule has 5 heteroatoms. The van der Waals surface area contributed by atoms with Gasteiger partial charge in [-0.2, -0.15) is 0 Å². The Labute approximate surface area is 132 Å². The van der Waals surface area contributed by atoms with E-state index in [4.69, 9.17) is 4.74 Å². The first kappa shape index (κ1) is 18.0. The Kier molecular flexibility index (Phi) is 8.72. The van der Waals surface area contributed by atoms with Gasteiger partial charge < -0.3 is 15.4 Å². The first-order valence-corrected chi connectivity index (χ1v) is 7.86. The van der Waals surface area contributed by atoms with Crippen molar-refractivity contribution in [1.82, 2.24) is 10.6 Å². The lowest BCUT2D eigenvalue weighted by molar-refractivity contribution is -0.139. The van der Waals surface area contributed by atoms with E-state index < -0.39 is 11.8 Å². The van der Waals surface area contributed by atoms with E-state index in [1.54, 1.807) is 7.11 Å². The molecule has 0 aliphatic rings. The Morgan fingerprint density at radius 3 is 2.23 bits per heavy atom. The largest absolute Gasteiger partial charge is 0.497 e. The Balaban J connectivity index is 2.19. The van der Waals surface area contributed by atoms with Crippen molar-refractivity contribution in [3.05, 3.63) is 29.8 Å². The van der Waals surface area contributed by atoms with Crippen molar-refractivity contribution in [1.29, 1.82) is 0 Å². The number of nitrogens with one attached hydrogen (secondary N) is 2. The second-order valence-corrected chi connectivity index (χ2v) is 5.20. The second kappa shape index (κ2) is 10.7.